The Morgan fingerprint density at radius 2 is 1.66 bits per heavy atom. The first-order chi connectivity index (χ1) is 17.0. The molecule has 1 saturated heterocycles. The highest BCUT2D eigenvalue weighted by Gasteiger charge is 2.43. The van der Waals surface area contributed by atoms with Crippen molar-refractivity contribution in [2.24, 2.45) is 0 Å². The quantitative estimate of drug-likeness (QED) is 0.355. The number of anilines is 1. The molecule has 0 unspecified atom stereocenters. The van der Waals surface area contributed by atoms with Crippen molar-refractivity contribution in [3.63, 3.8) is 0 Å². The average Bonchev–Trinajstić information content (AvgIpc) is 3.39. The zero-order valence-corrected chi connectivity index (χ0v) is 21.0. The Morgan fingerprint density at radius 3 is 2.34 bits per heavy atom. The van der Waals surface area contributed by atoms with Crippen LogP contribution in [0.5, 0.6) is 11.5 Å². The van der Waals surface area contributed by atoms with Gasteiger partial charge in [-0.2, -0.15) is 0 Å². The number of pyridine rings is 1. The van der Waals surface area contributed by atoms with E-state index in [1.165, 1.54) is 5.56 Å². The number of thiocarbonyl (C=S) groups is 1. The second-order valence-corrected chi connectivity index (χ2v) is 8.92. The molecule has 2 aromatic heterocycles. The van der Waals surface area contributed by atoms with Gasteiger partial charge in [-0.25, -0.2) is 0 Å². The van der Waals surface area contributed by atoms with Crippen LogP contribution < -0.4 is 19.7 Å². The third-order valence-electron chi connectivity index (χ3n) is 6.56. The predicted octanol–water partition coefficient (Wildman–Crippen LogP) is 5.68. The highest BCUT2D eigenvalue weighted by Crippen LogP contribution is 2.46. The topological polar surface area (TPSA) is 51.5 Å². The molecule has 0 spiro atoms. The van der Waals surface area contributed by atoms with Crippen molar-refractivity contribution >= 4 is 23.0 Å². The second kappa shape index (κ2) is 9.43. The molecule has 6 nitrogen and oxygen atoms in total. The van der Waals surface area contributed by atoms with Gasteiger partial charge in [-0.15, -0.1) is 0 Å². The van der Waals surface area contributed by atoms with Crippen LogP contribution in [0.2, 0.25) is 0 Å². The first kappa shape index (κ1) is 22.9. The van der Waals surface area contributed by atoms with E-state index in [0.29, 0.717) is 5.11 Å². The van der Waals surface area contributed by atoms with Crippen LogP contribution in [0, 0.1) is 13.8 Å². The lowest BCUT2D eigenvalue weighted by Gasteiger charge is -2.29. The number of hydrogen-bond acceptors (Lipinski definition) is 4. The van der Waals surface area contributed by atoms with Crippen LogP contribution in [-0.2, 0) is 0 Å². The number of aryl methyl sites for hydroxylation is 1. The van der Waals surface area contributed by atoms with Gasteiger partial charge in [0.15, 0.2) is 5.11 Å². The molecule has 3 heterocycles. The van der Waals surface area contributed by atoms with Gasteiger partial charge >= 0.3 is 0 Å². The smallest absolute Gasteiger partial charge is 0.174 e. The number of methoxy groups -OCH3 is 2. The minimum atomic E-state index is -0.126. The SMILES string of the molecule is COc1ccc(-n2c(C)cc([C@H]3[C@H](c4ccccn4)NC(=S)N3c3ccccc3OC)c2C)cc1. The third kappa shape index (κ3) is 4.02. The Balaban J connectivity index is 1.68. The zero-order chi connectivity index (χ0) is 24.5. The summed E-state index contributed by atoms with van der Waals surface area (Å²) < 4.78 is 13.3. The molecule has 35 heavy (non-hydrogen) atoms. The molecule has 0 saturated carbocycles. The standard InChI is InChI=1S/C28H28N4O2S/c1-18-17-22(19(2)31(18)20-12-14-21(33-3)15-13-20)27-26(23-9-7-8-16-29-23)30-28(35)32(27)24-10-5-6-11-25(24)34-4/h5-17,26-27H,1-4H3,(H,30,35)/t26-,27-/m0/s1. The van der Waals surface area contributed by atoms with Gasteiger partial charge in [0.2, 0.25) is 0 Å². The van der Waals surface area contributed by atoms with Crippen LogP contribution in [0.4, 0.5) is 5.69 Å². The molecule has 2 atom stereocenters. The Hall–Kier alpha value is -3.84. The summed E-state index contributed by atoms with van der Waals surface area (Å²) in [5.41, 5.74) is 6.40. The number of aromatic nitrogens is 2. The molecule has 1 aliphatic rings. The van der Waals surface area contributed by atoms with E-state index in [1.54, 1.807) is 14.2 Å². The van der Waals surface area contributed by atoms with Gasteiger partial charge in [-0.05, 0) is 86.2 Å². The predicted molar refractivity (Wildman–Crippen MR) is 143 cm³/mol. The van der Waals surface area contributed by atoms with Crippen LogP contribution in [0.1, 0.15) is 34.7 Å². The maximum absolute atomic E-state index is 5.90. The van der Waals surface area contributed by atoms with E-state index < -0.39 is 0 Å². The molecule has 7 heteroatoms. The molecule has 1 aliphatic heterocycles. The van der Waals surface area contributed by atoms with E-state index in [9.17, 15) is 0 Å². The van der Waals surface area contributed by atoms with E-state index in [-0.39, 0.29) is 12.1 Å². The summed E-state index contributed by atoms with van der Waals surface area (Å²) in [6, 6.07) is 24.1. The monoisotopic (exact) mass is 484 g/mol. The lowest BCUT2D eigenvalue weighted by molar-refractivity contribution is 0.414. The van der Waals surface area contributed by atoms with Crippen LogP contribution in [-0.4, -0.2) is 28.9 Å². The summed E-state index contributed by atoms with van der Waals surface area (Å²) in [4.78, 5) is 6.84. The van der Waals surface area contributed by atoms with Crippen molar-refractivity contribution in [2.75, 3.05) is 19.1 Å². The molecule has 0 amide bonds. The average molecular weight is 485 g/mol. The normalized spacial score (nSPS) is 17.4. The highest BCUT2D eigenvalue weighted by atomic mass is 32.1. The summed E-state index contributed by atoms with van der Waals surface area (Å²) in [7, 11) is 3.37. The van der Waals surface area contributed by atoms with E-state index in [2.05, 4.69) is 51.8 Å². The Morgan fingerprint density at radius 1 is 0.914 bits per heavy atom. The molecule has 1 N–H and O–H groups in total. The van der Waals surface area contributed by atoms with Crippen molar-refractivity contribution in [3.8, 4) is 17.2 Å². The van der Waals surface area contributed by atoms with Crippen LogP contribution in [0.15, 0.2) is 79.0 Å². The largest absolute Gasteiger partial charge is 0.497 e. The minimum Gasteiger partial charge on any atom is -0.497 e. The summed E-state index contributed by atoms with van der Waals surface area (Å²) in [6.45, 7) is 4.29. The molecule has 4 aromatic rings. The number of nitrogens with one attached hydrogen (secondary N) is 1. The number of nitrogens with zero attached hydrogens (tertiary/aromatic N) is 3. The molecule has 0 bridgehead atoms. The van der Waals surface area contributed by atoms with Gasteiger partial charge in [0, 0.05) is 23.3 Å². The van der Waals surface area contributed by atoms with Crippen molar-refractivity contribution in [3.05, 3.63) is 102 Å². The Kier molecular flexibility index (Phi) is 6.17. The zero-order valence-electron chi connectivity index (χ0n) is 20.2. The van der Waals surface area contributed by atoms with Gasteiger partial charge in [-0.1, -0.05) is 18.2 Å². The van der Waals surface area contributed by atoms with Crippen molar-refractivity contribution in [2.45, 2.75) is 25.9 Å². The van der Waals surface area contributed by atoms with Crippen LogP contribution in [0.3, 0.4) is 0 Å². The van der Waals surface area contributed by atoms with E-state index in [1.807, 2.05) is 60.8 Å². The van der Waals surface area contributed by atoms with Gasteiger partial charge in [0.25, 0.3) is 0 Å². The highest BCUT2D eigenvalue weighted by molar-refractivity contribution is 7.80. The number of benzene rings is 2. The van der Waals surface area contributed by atoms with Gasteiger partial charge in [-0.3, -0.25) is 4.98 Å². The molecule has 2 aromatic carbocycles. The molecule has 5 rings (SSSR count). The van der Waals surface area contributed by atoms with Crippen molar-refractivity contribution in [1.29, 1.82) is 0 Å². The maximum atomic E-state index is 5.90. The van der Waals surface area contributed by atoms with Crippen molar-refractivity contribution in [1.82, 2.24) is 14.9 Å². The first-order valence-corrected chi connectivity index (χ1v) is 11.9. The fraction of sp³-hybridized carbons (Fsp3) is 0.214. The molecule has 0 aliphatic carbocycles. The molecular weight excluding hydrogens is 456 g/mol. The number of ether oxygens (including phenoxy) is 2. The second-order valence-electron chi connectivity index (χ2n) is 8.53. The van der Waals surface area contributed by atoms with Crippen molar-refractivity contribution < 1.29 is 9.47 Å². The lowest BCUT2D eigenvalue weighted by Crippen LogP contribution is -2.30. The molecule has 1 fully saturated rings. The van der Waals surface area contributed by atoms with E-state index >= 15 is 0 Å². The van der Waals surface area contributed by atoms with Crippen LogP contribution >= 0.6 is 12.2 Å². The summed E-state index contributed by atoms with van der Waals surface area (Å²) >= 11 is 5.90. The summed E-state index contributed by atoms with van der Waals surface area (Å²) in [5, 5.41) is 4.19. The number of rotatable bonds is 6. The Labute approximate surface area is 211 Å². The van der Waals surface area contributed by atoms with E-state index in [4.69, 9.17) is 21.7 Å². The molecule has 178 valence electrons. The number of para-hydroxylation sites is 2. The summed E-state index contributed by atoms with van der Waals surface area (Å²) in [6.07, 6.45) is 1.82. The first-order valence-electron chi connectivity index (χ1n) is 11.5. The van der Waals surface area contributed by atoms with Crippen LogP contribution in [0.25, 0.3) is 5.69 Å². The summed E-state index contributed by atoms with van der Waals surface area (Å²) in [5.74, 6) is 1.60. The minimum absolute atomic E-state index is 0.119. The van der Waals surface area contributed by atoms with Gasteiger partial charge in [0.1, 0.15) is 11.5 Å². The fourth-order valence-corrected chi connectivity index (χ4v) is 5.31. The third-order valence-corrected chi connectivity index (χ3v) is 6.88. The fourth-order valence-electron chi connectivity index (χ4n) is 4.97. The molecular formula is C28H28N4O2S. The Bertz CT molecular complexity index is 1350. The van der Waals surface area contributed by atoms with E-state index in [0.717, 1.165) is 40.0 Å². The maximum Gasteiger partial charge on any atom is 0.174 e. The lowest BCUT2D eigenvalue weighted by atomic mass is 9.96. The van der Waals surface area contributed by atoms with Gasteiger partial charge in [0.05, 0.1) is 37.7 Å². The number of hydrogen-bond donors (Lipinski definition) is 1. The molecule has 0 radical (unpaired) electrons. The van der Waals surface area contributed by atoms with Gasteiger partial charge < -0.3 is 24.3 Å².